The number of hydrogen-bond acceptors (Lipinski definition) is 5. The van der Waals surface area contributed by atoms with E-state index in [1.165, 1.54) is 37.5 Å². The minimum atomic E-state index is -4.67. The number of ether oxygens (including phenoxy) is 1. The second kappa shape index (κ2) is 9.49. The zero-order valence-electron chi connectivity index (χ0n) is 18.4. The summed E-state index contributed by atoms with van der Waals surface area (Å²) in [6.45, 7) is 0. The average Bonchev–Trinajstić information content (AvgIpc) is 2.84. The zero-order valence-corrected chi connectivity index (χ0v) is 18.4. The highest BCUT2D eigenvalue weighted by molar-refractivity contribution is 6.05. The van der Waals surface area contributed by atoms with Gasteiger partial charge in [0.1, 0.15) is 28.6 Å². The third-order valence-electron chi connectivity index (χ3n) is 5.07. The summed E-state index contributed by atoms with van der Waals surface area (Å²) in [5, 5.41) is 4.30. The molecule has 0 aliphatic carbocycles. The smallest absolute Gasteiger partial charge is 0.416 e. The molecule has 3 N–H and O–H groups in total. The number of amides is 2. The fourth-order valence-electron chi connectivity index (χ4n) is 3.28. The van der Waals surface area contributed by atoms with Gasteiger partial charge < -0.3 is 20.4 Å². The van der Waals surface area contributed by atoms with Crippen molar-refractivity contribution in [3.8, 4) is 11.5 Å². The highest BCUT2D eigenvalue weighted by atomic mass is 19.4. The lowest BCUT2D eigenvalue weighted by Crippen LogP contribution is -2.22. The summed E-state index contributed by atoms with van der Waals surface area (Å²) in [6.07, 6.45) is -2.30. The van der Waals surface area contributed by atoms with Crippen molar-refractivity contribution in [1.29, 1.82) is 0 Å². The van der Waals surface area contributed by atoms with Crippen LogP contribution in [0.15, 0.2) is 65.7 Å². The van der Waals surface area contributed by atoms with Crippen LogP contribution in [0.25, 0.3) is 10.9 Å². The van der Waals surface area contributed by atoms with Crippen LogP contribution in [0.3, 0.4) is 0 Å². The Morgan fingerprint density at radius 1 is 1.00 bits per heavy atom. The number of carbonyl (C=O) groups excluding carboxylic acids is 2. The summed E-state index contributed by atoms with van der Waals surface area (Å²) >= 11 is 0. The predicted molar refractivity (Wildman–Crippen MR) is 122 cm³/mol. The standard InChI is InChI=1S/C24H16F4N4O4/c1-29-23(35)20-10-14(6-7-30-20)36-13-3-5-19(17(25)9-13)32-22(34)16-11-31-18-4-2-12(24(26,27)28)8-15(18)21(16)33/h2-11H,1H3,(H,29,35)(H,31,33)(H,32,34). The van der Waals surface area contributed by atoms with Crippen molar-refractivity contribution in [3.63, 3.8) is 0 Å². The molecule has 4 aromatic rings. The number of hydrogen-bond donors (Lipinski definition) is 3. The minimum absolute atomic E-state index is 0.0442. The summed E-state index contributed by atoms with van der Waals surface area (Å²) in [6, 6.07) is 8.82. The van der Waals surface area contributed by atoms with E-state index in [0.29, 0.717) is 6.07 Å². The molecule has 2 heterocycles. The van der Waals surface area contributed by atoms with Crippen LogP contribution in [0, 0.1) is 5.82 Å². The Balaban J connectivity index is 1.56. The van der Waals surface area contributed by atoms with Gasteiger partial charge in [-0.05, 0) is 36.4 Å². The molecule has 0 atom stereocenters. The fourth-order valence-corrected chi connectivity index (χ4v) is 3.28. The Hall–Kier alpha value is -4.74. The van der Waals surface area contributed by atoms with Crippen molar-refractivity contribution in [2.45, 2.75) is 6.18 Å². The van der Waals surface area contributed by atoms with Gasteiger partial charge in [-0.1, -0.05) is 0 Å². The van der Waals surface area contributed by atoms with Gasteiger partial charge >= 0.3 is 6.18 Å². The molecule has 0 saturated heterocycles. The van der Waals surface area contributed by atoms with Crippen molar-refractivity contribution in [1.82, 2.24) is 15.3 Å². The number of nitrogens with one attached hydrogen (secondary N) is 3. The molecular weight excluding hydrogens is 484 g/mol. The maximum atomic E-state index is 14.6. The van der Waals surface area contributed by atoms with Crippen LogP contribution in [0.4, 0.5) is 23.2 Å². The summed E-state index contributed by atoms with van der Waals surface area (Å²) in [7, 11) is 1.44. The molecule has 2 aromatic carbocycles. The van der Waals surface area contributed by atoms with E-state index in [9.17, 15) is 31.9 Å². The van der Waals surface area contributed by atoms with E-state index in [4.69, 9.17) is 4.74 Å². The lowest BCUT2D eigenvalue weighted by atomic mass is 10.1. The summed E-state index contributed by atoms with van der Waals surface area (Å²) < 4.78 is 59.2. The molecule has 0 spiro atoms. The minimum Gasteiger partial charge on any atom is -0.457 e. The first kappa shape index (κ1) is 24.4. The Kier molecular flexibility index (Phi) is 6.43. The second-order valence-corrected chi connectivity index (χ2v) is 7.44. The van der Waals surface area contributed by atoms with E-state index in [-0.39, 0.29) is 33.8 Å². The van der Waals surface area contributed by atoms with E-state index in [2.05, 4.69) is 20.6 Å². The van der Waals surface area contributed by atoms with Gasteiger partial charge in [0.05, 0.1) is 11.3 Å². The molecule has 36 heavy (non-hydrogen) atoms. The number of aromatic nitrogens is 2. The molecule has 2 amide bonds. The van der Waals surface area contributed by atoms with Gasteiger partial charge in [0, 0.05) is 42.5 Å². The number of fused-ring (bicyclic) bond motifs is 1. The Morgan fingerprint density at radius 2 is 1.75 bits per heavy atom. The lowest BCUT2D eigenvalue weighted by Gasteiger charge is -2.11. The molecule has 184 valence electrons. The molecule has 0 fully saturated rings. The molecule has 0 saturated carbocycles. The number of alkyl halides is 3. The van der Waals surface area contributed by atoms with Crippen LogP contribution in [-0.2, 0) is 6.18 Å². The number of halogens is 4. The second-order valence-electron chi connectivity index (χ2n) is 7.44. The number of benzene rings is 2. The number of H-pyrrole nitrogens is 1. The van der Waals surface area contributed by atoms with Crippen molar-refractivity contribution in [2.24, 2.45) is 0 Å². The average molecular weight is 500 g/mol. The van der Waals surface area contributed by atoms with Crippen molar-refractivity contribution in [3.05, 3.63) is 93.8 Å². The van der Waals surface area contributed by atoms with E-state index in [0.717, 1.165) is 24.4 Å². The normalized spacial score (nSPS) is 11.2. The Bertz CT molecular complexity index is 1550. The third-order valence-corrected chi connectivity index (χ3v) is 5.07. The zero-order chi connectivity index (χ0) is 26.0. The van der Waals surface area contributed by atoms with Crippen LogP contribution in [0.2, 0.25) is 0 Å². The maximum absolute atomic E-state index is 14.6. The van der Waals surface area contributed by atoms with Crippen molar-refractivity contribution < 1.29 is 31.9 Å². The van der Waals surface area contributed by atoms with E-state index < -0.39 is 40.4 Å². The number of aromatic amines is 1. The molecule has 0 bridgehead atoms. The number of nitrogens with zero attached hydrogens (tertiary/aromatic N) is 1. The molecule has 12 heteroatoms. The van der Waals surface area contributed by atoms with Crippen LogP contribution in [0.1, 0.15) is 26.4 Å². The molecule has 0 aliphatic heterocycles. The van der Waals surface area contributed by atoms with Crippen molar-refractivity contribution >= 4 is 28.4 Å². The number of carbonyl (C=O) groups is 2. The van der Waals surface area contributed by atoms with Crippen LogP contribution >= 0.6 is 0 Å². The molecule has 0 unspecified atom stereocenters. The highest BCUT2D eigenvalue weighted by Crippen LogP contribution is 2.30. The first-order valence-electron chi connectivity index (χ1n) is 10.3. The van der Waals surface area contributed by atoms with Gasteiger partial charge in [0.2, 0.25) is 5.43 Å². The first-order chi connectivity index (χ1) is 17.1. The maximum Gasteiger partial charge on any atom is 0.416 e. The quantitative estimate of drug-likeness (QED) is 0.350. The molecule has 0 radical (unpaired) electrons. The molecule has 2 aromatic heterocycles. The Morgan fingerprint density at radius 3 is 2.44 bits per heavy atom. The van der Waals surface area contributed by atoms with Crippen LogP contribution < -0.4 is 20.8 Å². The number of rotatable bonds is 5. The summed E-state index contributed by atoms with van der Waals surface area (Å²) in [5.41, 5.74) is -2.60. The van der Waals surface area contributed by atoms with Gasteiger partial charge in [-0.25, -0.2) is 4.39 Å². The molecule has 0 aliphatic rings. The van der Waals surface area contributed by atoms with Gasteiger partial charge in [0.25, 0.3) is 11.8 Å². The predicted octanol–water partition coefficient (Wildman–Crippen LogP) is 4.49. The van der Waals surface area contributed by atoms with E-state index in [1.54, 1.807) is 0 Å². The van der Waals surface area contributed by atoms with Gasteiger partial charge in [-0.3, -0.25) is 19.4 Å². The fraction of sp³-hybridized carbons (Fsp3) is 0.0833. The van der Waals surface area contributed by atoms with Crippen LogP contribution in [0.5, 0.6) is 11.5 Å². The van der Waals surface area contributed by atoms with Gasteiger partial charge in [-0.15, -0.1) is 0 Å². The third kappa shape index (κ3) is 5.02. The highest BCUT2D eigenvalue weighted by Gasteiger charge is 2.31. The van der Waals surface area contributed by atoms with Gasteiger partial charge in [0.15, 0.2) is 0 Å². The van der Waals surface area contributed by atoms with E-state index >= 15 is 0 Å². The summed E-state index contributed by atoms with van der Waals surface area (Å²) in [5.74, 6) is -2.11. The van der Waals surface area contributed by atoms with Crippen molar-refractivity contribution in [2.75, 3.05) is 12.4 Å². The molecular formula is C24H16F4N4O4. The SMILES string of the molecule is CNC(=O)c1cc(Oc2ccc(NC(=O)c3c[nH]c4ccc(C(F)(F)F)cc4c3=O)c(F)c2)ccn1. The number of anilines is 1. The lowest BCUT2D eigenvalue weighted by molar-refractivity contribution is -0.137. The molecule has 8 nitrogen and oxygen atoms in total. The Labute approximate surface area is 199 Å². The monoisotopic (exact) mass is 500 g/mol. The van der Waals surface area contributed by atoms with E-state index in [1.807, 2.05) is 0 Å². The number of pyridine rings is 2. The van der Waals surface area contributed by atoms with Gasteiger partial charge in [-0.2, -0.15) is 13.2 Å². The van der Waals surface area contributed by atoms with Crippen LogP contribution in [-0.4, -0.2) is 28.8 Å². The topological polar surface area (TPSA) is 113 Å². The first-order valence-corrected chi connectivity index (χ1v) is 10.3. The largest absolute Gasteiger partial charge is 0.457 e. The molecule has 4 rings (SSSR count). The summed E-state index contributed by atoms with van der Waals surface area (Å²) in [4.78, 5) is 43.5.